The Balaban J connectivity index is 1.90. The maximum absolute atomic E-state index is 10.2. The van der Waals surface area contributed by atoms with Gasteiger partial charge >= 0.3 is 6.09 Å². The van der Waals surface area contributed by atoms with Gasteiger partial charge in [-0.15, -0.1) is 0 Å². The molecule has 0 aliphatic carbocycles. The van der Waals surface area contributed by atoms with Crippen LogP contribution < -0.4 is 11.1 Å². The van der Waals surface area contributed by atoms with Crippen molar-refractivity contribution in [3.63, 3.8) is 0 Å². The van der Waals surface area contributed by atoms with Crippen molar-refractivity contribution in [2.24, 2.45) is 5.73 Å². The van der Waals surface area contributed by atoms with Gasteiger partial charge in [0.25, 0.3) is 0 Å². The lowest BCUT2D eigenvalue weighted by Gasteiger charge is -2.26. The number of nitrogens with two attached hydrogens (primary N) is 1. The van der Waals surface area contributed by atoms with Gasteiger partial charge in [-0.2, -0.15) is 0 Å². The maximum atomic E-state index is 10.2. The summed E-state index contributed by atoms with van der Waals surface area (Å²) in [5.41, 5.74) is 4.84. The number of unbranched alkanes of at least 4 members (excludes halogenated alkanes) is 1. The number of hydrogen-bond acceptors (Lipinski definition) is 4. The lowest BCUT2D eigenvalue weighted by Crippen LogP contribution is -2.43. The van der Waals surface area contributed by atoms with E-state index in [2.05, 4.69) is 15.0 Å². The zero-order valence-corrected chi connectivity index (χ0v) is 8.50. The molecule has 1 rings (SSSR count). The normalized spacial score (nSPS) is 18.0. The molecule has 1 amide bonds. The summed E-state index contributed by atoms with van der Waals surface area (Å²) >= 11 is 0. The third-order valence-corrected chi connectivity index (χ3v) is 2.32. The van der Waals surface area contributed by atoms with Crippen molar-refractivity contribution < 1.29 is 9.53 Å². The van der Waals surface area contributed by atoms with Crippen molar-refractivity contribution in [3.05, 3.63) is 0 Å². The molecule has 5 nitrogen and oxygen atoms in total. The van der Waals surface area contributed by atoms with E-state index in [0.29, 0.717) is 6.61 Å². The second-order valence-corrected chi connectivity index (χ2v) is 3.47. The van der Waals surface area contributed by atoms with E-state index in [0.717, 1.165) is 45.6 Å². The predicted molar refractivity (Wildman–Crippen MR) is 54.1 cm³/mol. The summed E-state index contributed by atoms with van der Waals surface area (Å²) in [5, 5.41) is 3.30. The van der Waals surface area contributed by atoms with E-state index in [9.17, 15) is 4.79 Å². The Morgan fingerprint density at radius 2 is 2.07 bits per heavy atom. The zero-order valence-electron chi connectivity index (χ0n) is 8.50. The molecule has 1 fully saturated rings. The quantitative estimate of drug-likeness (QED) is 0.603. The van der Waals surface area contributed by atoms with E-state index >= 15 is 0 Å². The Morgan fingerprint density at radius 3 is 2.71 bits per heavy atom. The first-order valence-electron chi connectivity index (χ1n) is 5.14. The molecule has 1 aliphatic heterocycles. The van der Waals surface area contributed by atoms with Gasteiger partial charge < -0.3 is 20.7 Å². The van der Waals surface area contributed by atoms with Gasteiger partial charge in [-0.3, -0.25) is 0 Å². The number of hydrogen-bond donors (Lipinski definition) is 2. The first kappa shape index (κ1) is 11.3. The summed E-state index contributed by atoms with van der Waals surface area (Å²) in [6, 6.07) is 0. The lowest BCUT2D eigenvalue weighted by molar-refractivity contribution is 0.151. The molecule has 14 heavy (non-hydrogen) atoms. The molecular weight excluding hydrogens is 182 g/mol. The van der Waals surface area contributed by atoms with E-state index < -0.39 is 6.09 Å². The number of carbonyl (C=O) groups is 1. The monoisotopic (exact) mass is 201 g/mol. The summed E-state index contributed by atoms with van der Waals surface area (Å²) in [5.74, 6) is 0. The molecule has 0 bridgehead atoms. The van der Waals surface area contributed by atoms with Crippen LogP contribution in [0.1, 0.15) is 12.8 Å². The second-order valence-electron chi connectivity index (χ2n) is 3.47. The molecule has 82 valence electrons. The average molecular weight is 201 g/mol. The van der Waals surface area contributed by atoms with E-state index in [1.807, 2.05) is 0 Å². The smallest absolute Gasteiger partial charge is 0.404 e. The SMILES string of the molecule is NC(=O)OCCCCN1CCNCC1. The van der Waals surface area contributed by atoms with Gasteiger partial charge in [-0.25, -0.2) is 4.79 Å². The molecule has 5 heteroatoms. The van der Waals surface area contributed by atoms with Crippen LogP contribution in [0.4, 0.5) is 4.79 Å². The van der Waals surface area contributed by atoms with E-state index in [-0.39, 0.29) is 0 Å². The topological polar surface area (TPSA) is 67.6 Å². The maximum Gasteiger partial charge on any atom is 0.404 e. The summed E-state index contributed by atoms with van der Waals surface area (Å²) < 4.78 is 4.64. The number of ether oxygens (including phenoxy) is 1. The van der Waals surface area contributed by atoms with Crippen LogP contribution in [0.3, 0.4) is 0 Å². The summed E-state index contributed by atoms with van der Waals surface area (Å²) in [7, 11) is 0. The van der Waals surface area contributed by atoms with Gasteiger partial charge in [0.2, 0.25) is 0 Å². The van der Waals surface area contributed by atoms with E-state index in [4.69, 9.17) is 5.73 Å². The first-order chi connectivity index (χ1) is 6.79. The summed E-state index contributed by atoms with van der Waals surface area (Å²) in [6.07, 6.45) is 1.28. The summed E-state index contributed by atoms with van der Waals surface area (Å²) in [4.78, 5) is 12.7. The standard InChI is InChI=1S/C9H19N3O2/c10-9(13)14-8-2-1-5-12-6-3-11-4-7-12/h11H,1-8H2,(H2,10,13). The number of nitrogens with zero attached hydrogens (tertiary/aromatic N) is 1. The van der Waals surface area contributed by atoms with Crippen molar-refractivity contribution in [2.75, 3.05) is 39.3 Å². The molecule has 1 aliphatic rings. The van der Waals surface area contributed by atoms with Crippen LogP contribution in [0.25, 0.3) is 0 Å². The van der Waals surface area contributed by atoms with Crippen molar-refractivity contribution in [2.45, 2.75) is 12.8 Å². The third kappa shape index (κ3) is 5.04. The van der Waals surface area contributed by atoms with E-state index in [1.54, 1.807) is 0 Å². The number of carbonyl (C=O) groups excluding carboxylic acids is 1. The van der Waals surface area contributed by atoms with E-state index in [1.165, 1.54) is 0 Å². The molecule has 1 heterocycles. The van der Waals surface area contributed by atoms with Crippen LogP contribution >= 0.6 is 0 Å². The fourth-order valence-electron chi connectivity index (χ4n) is 1.54. The Hall–Kier alpha value is -0.810. The highest BCUT2D eigenvalue weighted by Crippen LogP contribution is 1.97. The molecule has 1 saturated heterocycles. The third-order valence-electron chi connectivity index (χ3n) is 2.32. The van der Waals surface area contributed by atoms with Crippen molar-refractivity contribution >= 4 is 6.09 Å². The highest BCUT2D eigenvalue weighted by Gasteiger charge is 2.08. The Morgan fingerprint density at radius 1 is 1.36 bits per heavy atom. The highest BCUT2D eigenvalue weighted by atomic mass is 16.5. The van der Waals surface area contributed by atoms with Crippen LogP contribution in [0.5, 0.6) is 0 Å². The number of rotatable bonds is 5. The average Bonchev–Trinajstić information content (AvgIpc) is 2.18. The molecule has 0 aromatic rings. The lowest BCUT2D eigenvalue weighted by atomic mass is 10.3. The number of amides is 1. The van der Waals surface area contributed by atoms with Gasteiger partial charge in [-0.05, 0) is 19.4 Å². The highest BCUT2D eigenvalue weighted by molar-refractivity contribution is 5.64. The van der Waals surface area contributed by atoms with Gasteiger partial charge in [0.15, 0.2) is 0 Å². The molecule has 0 aromatic heterocycles. The minimum absolute atomic E-state index is 0.446. The Bertz CT molecular complexity index is 169. The van der Waals surface area contributed by atoms with Crippen molar-refractivity contribution in [1.29, 1.82) is 0 Å². The first-order valence-corrected chi connectivity index (χ1v) is 5.14. The minimum atomic E-state index is -0.674. The fourth-order valence-corrected chi connectivity index (χ4v) is 1.54. The van der Waals surface area contributed by atoms with Gasteiger partial charge in [-0.1, -0.05) is 0 Å². The van der Waals surface area contributed by atoms with Gasteiger partial charge in [0.05, 0.1) is 6.61 Å². The van der Waals surface area contributed by atoms with Crippen molar-refractivity contribution in [1.82, 2.24) is 10.2 Å². The number of nitrogens with one attached hydrogen (secondary N) is 1. The molecule has 0 aromatic carbocycles. The molecule has 3 N–H and O–H groups in total. The Kier molecular flexibility index (Phi) is 5.32. The number of primary amides is 1. The molecule has 0 spiro atoms. The second kappa shape index (κ2) is 6.62. The number of piperazine rings is 1. The molecule has 0 radical (unpaired) electrons. The van der Waals surface area contributed by atoms with Crippen LogP contribution in [-0.2, 0) is 4.74 Å². The molecular formula is C9H19N3O2. The van der Waals surface area contributed by atoms with Gasteiger partial charge in [0, 0.05) is 26.2 Å². The molecule has 0 atom stereocenters. The van der Waals surface area contributed by atoms with Crippen LogP contribution in [-0.4, -0.2) is 50.3 Å². The van der Waals surface area contributed by atoms with Crippen LogP contribution in [0.15, 0.2) is 0 Å². The van der Waals surface area contributed by atoms with Gasteiger partial charge in [0.1, 0.15) is 0 Å². The largest absolute Gasteiger partial charge is 0.450 e. The Labute approximate surface area is 84.6 Å². The fraction of sp³-hybridized carbons (Fsp3) is 0.889. The molecule has 0 unspecified atom stereocenters. The molecule has 0 saturated carbocycles. The van der Waals surface area contributed by atoms with Crippen LogP contribution in [0, 0.1) is 0 Å². The van der Waals surface area contributed by atoms with Crippen molar-refractivity contribution in [3.8, 4) is 0 Å². The minimum Gasteiger partial charge on any atom is -0.450 e. The predicted octanol–water partition coefficient (Wildman–Crippen LogP) is -0.233. The van der Waals surface area contributed by atoms with Crippen LogP contribution in [0.2, 0.25) is 0 Å². The zero-order chi connectivity index (χ0) is 10.2. The summed E-state index contributed by atoms with van der Waals surface area (Å²) in [6.45, 7) is 5.94.